The topological polar surface area (TPSA) is 71.5 Å². The Balaban J connectivity index is 1.45. The standard InChI is InChI=1S/C22H23N3O3S2/c1-15-7-9-18(10-8-15)30(26,27)28-21-19-12-23-11-17(19)13-25(21)22-24-20(14-29-22)16-5-3-2-4-6-16/h2-10,14,17,19,21,23H,11-13H2,1H3. The Kier molecular flexibility index (Phi) is 5.10. The highest BCUT2D eigenvalue weighted by Gasteiger charge is 2.48. The van der Waals surface area contributed by atoms with Gasteiger partial charge in [0.15, 0.2) is 11.4 Å². The molecule has 0 aliphatic carbocycles. The summed E-state index contributed by atoms with van der Waals surface area (Å²) in [5.74, 6) is 0.446. The fraction of sp³-hybridized carbons (Fsp3) is 0.318. The summed E-state index contributed by atoms with van der Waals surface area (Å²) in [6.45, 7) is 4.26. The first-order valence-corrected chi connectivity index (χ1v) is 12.3. The molecular weight excluding hydrogens is 418 g/mol. The van der Waals surface area contributed by atoms with Gasteiger partial charge in [0.2, 0.25) is 0 Å². The molecule has 2 saturated heterocycles. The van der Waals surface area contributed by atoms with Gasteiger partial charge < -0.3 is 10.2 Å². The van der Waals surface area contributed by atoms with E-state index < -0.39 is 16.3 Å². The number of anilines is 1. The van der Waals surface area contributed by atoms with Gasteiger partial charge in [-0.3, -0.25) is 0 Å². The number of hydrogen-bond acceptors (Lipinski definition) is 7. The lowest BCUT2D eigenvalue weighted by atomic mass is 10.00. The molecule has 1 N–H and O–H groups in total. The number of hydrogen-bond donors (Lipinski definition) is 1. The van der Waals surface area contributed by atoms with E-state index in [2.05, 4.69) is 5.32 Å². The minimum atomic E-state index is -3.88. The normalized spacial score (nSPS) is 23.6. The van der Waals surface area contributed by atoms with Gasteiger partial charge >= 0.3 is 0 Å². The molecule has 2 fully saturated rings. The lowest BCUT2D eigenvalue weighted by molar-refractivity contribution is 0.167. The average molecular weight is 442 g/mol. The van der Waals surface area contributed by atoms with Crippen LogP contribution >= 0.6 is 11.3 Å². The molecule has 0 radical (unpaired) electrons. The van der Waals surface area contributed by atoms with Gasteiger partial charge in [-0.15, -0.1) is 11.3 Å². The summed E-state index contributed by atoms with van der Waals surface area (Å²) in [5.41, 5.74) is 2.95. The molecule has 5 rings (SSSR count). The Morgan fingerprint density at radius 3 is 2.63 bits per heavy atom. The summed E-state index contributed by atoms with van der Waals surface area (Å²) >= 11 is 1.53. The number of thiazole rings is 1. The number of nitrogens with zero attached hydrogens (tertiary/aromatic N) is 2. The smallest absolute Gasteiger partial charge is 0.298 e. The first kappa shape index (κ1) is 19.7. The number of aryl methyl sites for hydroxylation is 1. The fourth-order valence-electron chi connectivity index (χ4n) is 4.21. The van der Waals surface area contributed by atoms with Crippen LogP contribution in [0.1, 0.15) is 5.56 Å². The lowest BCUT2D eigenvalue weighted by Crippen LogP contribution is -2.39. The van der Waals surface area contributed by atoms with Gasteiger partial charge in [0.05, 0.1) is 10.6 Å². The van der Waals surface area contributed by atoms with Gasteiger partial charge in [-0.1, -0.05) is 48.0 Å². The predicted molar refractivity (Wildman–Crippen MR) is 118 cm³/mol. The minimum Gasteiger partial charge on any atom is -0.320 e. The van der Waals surface area contributed by atoms with Crippen LogP contribution < -0.4 is 10.2 Å². The van der Waals surface area contributed by atoms with Crippen molar-refractivity contribution in [3.63, 3.8) is 0 Å². The van der Waals surface area contributed by atoms with Crippen LogP contribution in [-0.2, 0) is 14.3 Å². The molecule has 2 aromatic carbocycles. The molecule has 0 amide bonds. The van der Waals surface area contributed by atoms with Crippen LogP contribution in [0.15, 0.2) is 64.9 Å². The summed E-state index contributed by atoms with van der Waals surface area (Å²) < 4.78 is 31.9. The number of fused-ring (bicyclic) bond motifs is 1. The van der Waals surface area contributed by atoms with E-state index in [0.717, 1.165) is 41.6 Å². The van der Waals surface area contributed by atoms with Crippen LogP contribution in [0.2, 0.25) is 0 Å². The molecule has 1 aromatic heterocycles. The molecule has 3 unspecified atom stereocenters. The van der Waals surface area contributed by atoms with Crippen LogP contribution in [0.3, 0.4) is 0 Å². The maximum atomic E-state index is 13.0. The van der Waals surface area contributed by atoms with Crippen LogP contribution in [-0.4, -0.2) is 39.3 Å². The molecule has 3 atom stereocenters. The molecule has 0 saturated carbocycles. The largest absolute Gasteiger partial charge is 0.320 e. The van der Waals surface area contributed by atoms with Gasteiger partial charge in [-0.05, 0) is 25.0 Å². The number of nitrogens with one attached hydrogen (secondary N) is 1. The highest BCUT2D eigenvalue weighted by molar-refractivity contribution is 7.86. The van der Waals surface area contributed by atoms with Crippen molar-refractivity contribution in [2.24, 2.45) is 11.8 Å². The summed E-state index contributed by atoms with van der Waals surface area (Å²) in [6.07, 6.45) is -0.564. The zero-order valence-corrected chi connectivity index (χ0v) is 18.2. The molecule has 3 heterocycles. The first-order chi connectivity index (χ1) is 14.5. The highest BCUT2D eigenvalue weighted by atomic mass is 32.2. The van der Waals surface area contributed by atoms with E-state index >= 15 is 0 Å². The molecule has 0 bridgehead atoms. The molecule has 6 nitrogen and oxygen atoms in total. The minimum absolute atomic E-state index is 0.106. The Morgan fingerprint density at radius 1 is 1.10 bits per heavy atom. The summed E-state index contributed by atoms with van der Waals surface area (Å²) in [6, 6.07) is 16.8. The van der Waals surface area contributed by atoms with Crippen LogP contribution in [0, 0.1) is 18.8 Å². The third kappa shape index (κ3) is 3.65. The fourth-order valence-corrected chi connectivity index (χ4v) is 6.17. The average Bonchev–Trinajstić information content (AvgIpc) is 3.46. The molecular formula is C22H23N3O3S2. The predicted octanol–water partition coefficient (Wildman–Crippen LogP) is 3.51. The lowest BCUT2D eigenvalue weighted by Gasteiger charge is -2.26. The van der Waals surface area contributed by atoms with Crippen molar-refractivity contribution in [1.82, 2.24) is 10.3 Å². The SMILES string of the molecule is Cc1ccc(S(=O)(=O)OC2C3CNCC3CN2c2nc(-c3ccccc3)cs2)cc1. The van der Waals surface area contributed by atoms with Gasteiger partial charge in [0.25, 0.3) is 10.1 Å². The van der Waals surface area contributed by atoms with E-state index in [1.807, 2.05) is 47.5 Å². The molecule has 2 aliphatic heterocycles. The van der Waals surface area contributed by atoms with Crippen molar-refractivity contribution in [1.29, 1.82) is 0 Å². The zero-order chi connectivity index (χ0) is 20.7. The maximum absolute atomic E-state index is 13.0. The van der Waals surface area contributed by atoms with Crippen molar-refractivity contribution >= 4 is 26.6 Å². The van der Waals surface area contributed by atoms with E-state index in [9.17, 15) is 8.42 Å². The van der Waals surface area contributed by atoms with Gasteiger partial charge in [0, 0.05) is 36.5 Å². The quantitative estimate of drug-likeness (QED) is 0.611. The second-order valence-electron chi connectivity index (χ2n) is 7.87. The van der Waals surface area contributed by atoms with Crippen LogP contribution in [0.5, 0.6) is 0 Å². The van der Waals surface area contributed by atoms with E-state index in [0.29, 0.717) is 5.92 Å². The summed E-state index contributed by atoms with van der Waals surface area (Å²) in [4.78, 5) is 7.02. The molecule has 3 aromatic rings. The second kappa shape index (κ2) is 7.77. The number of rotatable bonds is 5. The molecule has 30 heavy (non-hydrogen) atoms. The van der Waals surface area contributed by atoms with Gasteiger partial charge in [-0.2, -0.15) is 8.42 Å². The van der Waals surface area contributed by atoms with Gasteiger partial charge in [-0.25, -0.2) is 9.17 Å². The molecule has 156 valence electrons. The van der Waals surface area contributed by atoms with Crippen molar-refractivity contribution < 1.29 is 12.6 Å². The first-order valence-electron chi connectivity index (χ1n) is 9.99. The number of benzene rings is 2. The van der Waals surface area contributed by atoms with E-state index in [1.165, 1.54) is 11.3 Å². The van der Waals surface area contributed by atoms with Crippen molar-refractivity contribution in [2.75, 3.05) is 24.5 Å². The Labute approximate surface area is 180 Å². The zero-order valence-electron chi connectivity index (χ0n) is 16.6. The van der Waals surface area contributed by atoms with Crippen molar-refractivity contribution in [3.05, 3.63) is 65.5 Å². The third-order valence-electron chi connectivity index (χ3n) is 5.84. The Hall–Kier alpha value is -2.26. The van der Waals surface area contributed by atoms with Crippen LogP contribution in [0.25, 0.3) is 11.3 Å². The van der Waals surface area contributed by atoms with E-state index in [-0.39, 0.29) is 10.8 Å². The molecule has 2 aliphatic rings. The highest BCUT2D eigenvalue weighted by Crippen LogP contribution is 2.40. The van der Waals surface area contributed by atoms with Crippen LogP contribution in [0.4, 0.5) is 5.13 Å². The Bertz CT molecular complexity index is 1130. The van der Waals surface area contributed by atoms with E-state index in [1.54, 1.807) is 24.3 Å². The molecule has 8 heteroatoms. The number of aromatic nitrogens is 1. The molecule has 0 spiro atoms. The summed E-state index contributed by atoms with van der Waals surface area (Å²) in [5, 5.41) is 6.19. The van der Waals surface area contributed by atoms with Gasteiger partial charge in [0.1, 0.15) is 0 Å². The third-order valence-corrected chi connectivity index (χ3v) is 8.02. The second-order valence-corrected chi connectivity index (χ2v) is 10.3. The van der Waals surface area contributed by atoms with Crippen molar-refractivity contribution in [3.8, 4) is 11.3 Å². The summed E-state index contributed by atoms with van der Waals surface area (Å²) in [7, 11) is -3.88. The monoisotopic (exact) mass is 441 g/mol. The van der Waals surface area contributed by atoms with E-state index in [4.69, 9.17) is 9.17 Å². The van der Waals surface area contributed by atoms with Crippen molar-refractivity contribution in [2.45, 2.75) is 18.0 Å². The Morgan fingerprint density at radius 2 is 1.87 bits per heavy atom. The maximum Gasteiger partial charge on any atom is 0.298 e.